The molecule has 2 aliphatic heterocycles. The van der Waals surface area contributed by atoms with E-state index >= 15 is 0 Å². The fourth-order valence-corrected chi connectivity index (χ4v) is 7.36. The molecule has 264 valence electrons. The molecule has 2 saturated heterocycles. The van der Waals surface area contributed by atoms with E-state index < -0.39 is 91.7 Å². The number of nitrogens with two attached hydrogens (primary N) is 2. The Morgan fingerprint density at radius 2 is 1.77 bits per heavy atom. The lowest BCUT2D eigenvalue weighted by atomic mass is 10.1. The normalized spacial score (nSPS) is 28.1. The first kappa shape index (κ1) is 36.4. The third-order valence-electron chi connectivity index (χ3n) is 6.98. The van der Waals surface area contributed by atoms with Crippen molar-refractivity contribution in [2.75, 3.05) is 18.9 Å². The number of hydrogen-bond acceptors (Lipinski definition) is 16. The summed E-state index contributed by atoms with van der Waals surface area (Å²) in [6.07, 6.45) is -7.37. The highest BCUT2D eigenvalue weighted by molar-refractivity contribution is 7.61. The molecule has 2 fully saturated rings. The molecule has 0 saturated carbocycles. The van der Waals surface area contributed by atoms with Gasteiger partial charge in [0.1, 0.15) is 36.2 Å². The van der Waals surface area contributed by atoms with Crippen LogP contribution in [0.2, 0.25) is 0 Å². The monoisotopic (exact) mass is 745 g/mol. The van der Waals surface area contributed by atoms with Gasteiger partial charge in [-0.1, -0.05) is 0 Å². The Morgan fingerprint density at radius 3 is 2.44 bits per heavy atom. The number of nitrogens with zero attached hydrogens (tertiary/aromatic N) is 5. The van der Waals surface area contributed by atoms with Gasteiger partial charge in [-0.2, -0.15) is 8.88 Å². The Morgan fingerprint density at radius 1 is 1.08 bits per heavy atom. The molecule has 3 unspecified atom stereocenters. The van der Waals surface area contributed by atoms with Gasteiger partial charge in [-0.15, -0.1) is 0 Å². The molecule has 0 spiro atoms. The molecule has 0 aliphatic carbocycles. The number of aliphatic hydroxyl groups excluding tert-OH is 3. The van der Waals surface area contributed by atoms with E-state index in [2.05, 4.69) is 28.5 Å². The number of amides is 1. The number of hydrogen-bond donors (Lipinski definition) is 9. The van der Waals surface area contributed by atoms with Crippen molar-refractivity contribution in [3.8, 4) is 0 Å². The Labute approximate surface area is 267 Å². The van der Waals surface area contributed by atoms with Crippen LogP contribution in [0.15, 0.2) is 37.2 Å². The van der Waals surface area contributed by atoms with Crippen molar-refractivity contribution in [1.82, 2.24) is 19.5 Å². The molecule has 0 bridgehead atoms. The number of fused-ring (bicyclic) bond motifs is 1. The summed E-state index contributed by atoms with van der Waals surface area (Å²) in [4.78, 5) is 61.9. The molecule has 48 heavy (non-hydrogen) atoms. The summed E-state index contributed by atoms with van der Waals surface area (Å²) in [7, 11) is -16.1. The summed E-state index contributed by atoms with van der Waals surface area (Å²) < 4.78 is 66.5. The number of carbonyl (C=O) groups excluding carboxylic acids is 1. The Kier molecular flexibility index (Phi) is 10.5. The number of anilines is 1. The number of nitrogen functional groups attached to an aromatic ring is 1. The van der Waals surface area contributed by atoms with Gasteiger partial charge in [0.25, 0.3) is 24.3 Å². The predicted octanol–water partition coefficient (Wildman–Crippen LogP) is -3.39. The van der Waals surface area contributed by atoms with Crippen molar-refractivity contribution in [1.29, 1.82) is 0 Å². The highest BCUT2D eigenvalue weighted by Gasteiger charge is 2.60. The van der Waals surface area contributed by atoms with Gasteiger partial charge in [-0.25, -0.2) is 28.6 Å². The molecule has 2 aliphatic rings. The number of aromatic nitrogens is 5. The highest BCUT2D eigenvalue weighted by Crippen LogP contribution is 2.61. The van der Waals surface area contributed by atoms with Gasteiger partial charge in [-0.3, -0.25) is 22.9 Å². The van der Waals surface area contributed by atoms with Crippen LogP contribution in [0, 0.1) is 0 Å². The summed E-state index contributed by atoms with van der Waals surface area (Å²) >= 11 is 0. The third-order valence-corrected chi connectivity index (χ3v) is 10.1. The van der Waals surface area contributed by atoms with Gasteiger partial charge in [0.15, 0.2) is 42.3 Å². The molecule has 5 heterocycles. The number of imidazole rings is 1. The van der Waals surface area contributed by atoms with Gasteiger partial charge >= 0.3 is 23.5 Å². The minimum atomic E-state index is -5.41. The van der Waals surface area contributed by atoms with Crippen LogP contribution < -0.4 is 16.0 Å². The lowest BCUT2D eigenvalue weighted by Crippen LogP contribution is -2.46. The molecular formula is C21H30N7O17P3+2. The fourth-order valence-electron chi connectivity index (χ4n) is 4.72. The van der Waals surface area contributed by atoms with Crippen LogP contribution in [0.3, 0.4) is 0 Å². The summed E-state index contributed by atoms with van der Waals surface area (Å²) in [5.74, 6) is -0.835. The summed E-state index contributed by atoms with van der Waals surface area (Å²) in [5.41, 5.74) is 11.0. The van der Waals surface area contributed by atoms with E-state index in [0.29, 0.717) is 0 Å². The number of primary amides is 1. The van der Waals surface area contributed by atoms with Crippen LogP contribution in [-0.2, 0) is 36.3 Å². The van der Waals surface area contributed by atoms with Gasteiger partial charge in [0, 0.05) is 6.07 Å². The van der Waals surface area contributed by atoms with Crippen molar-refractivity contribution in [3.05, 3.63) is 42.7 Å². The number of phosphoric acid groups is 3. The Balaban J connectivity index is 1.16. The standard InChI is InChI=1S/C21H28N7O17P3/c22-17-12-19(25-7-24-17)28(8-26-12)20(32)16(44-46(33,34)35)15-11(42-15)6-41-48(38,39)45-47(36,37)40-5-10-13(29)14(30)21(43-10)27-3-1-2-9(4-27)18(23)31/h1-4,7-8,10-11,13-16,20-21,29-30,32H,5-6H2,(H7-,22,23,24,25,31,33,34,35,36,37,38,39)/p+2/t10-,11-,13?,14+,15+,16+,20+,21+/m0/s1. The zero-order valence-corrected chi connectivity index (χ0v) is 26.7. The Bertz CT molecular complexity index is 1810. The molecule has 12 N–H and O–H groups in total. The van der Waals surface area contributed by atoms with Crippen LogP contribution in [0.1, 0.15) is 22.8 Å². The second kappa shape index (κ2) is 13.8. The number of pyridine rings is 1. The predicted molar refractivity (Wildman–Crippen MR) is 151 cm³/mol. The van der Waals surface area contributed by atoms with E-state index in [4.69, 9.17) is 25.3 Å². The van der Waals surface area contributed by atoms with E-state index in [1.165, 1.54) is 29.1 Å². The van der Waals surface area contributed by atoms with E-state index in [1.54, 1.807) is 0 Å². The maximum atomic E-state index is 12.5. The van der Waals surface area contributed by atoms with Gasteiger partial charge in [0.05, 0.1) is 12.9 Å². The van der Waals surface area contributed by atoms with Crippen molar-refractivity contribution in [2.45, 2.75) is 49.1 Å². The van der Waals surface area contributed by atoms with E-state index in [1.807, 2.05) is 0 Å². The molecule has 0 radical (unpaired) electrons. The molecule has 27 heteroatoms. The third kappa shape index (κ3) is 8.46. The molecule has 0 aromatic carbocycles. The summed E-state index contributed by atoms with van der Waals surface area (Å²) in [6.45, 7) is -1.76. The first-order chi connectivity index (χ1) is 22.4. The number of carbonyl (C=O) groups is 1. The zero-order chi connectivity index (χ0) is 35.2. The van der Waals surface area contributed by atoms with Gasteiger partial charge < -0.3 is 55.8 Å². The topological polar surface area (TPSA) is 368 Å². The van der Waals surface area contributed by atoms with Gasteiger partial charge in [0.2, 0.25) is 0 Å². The first-order valence-electron chi connectivity index (χ1n) is 13.4. The van der Waals surface area contributed by atoms with Crippen LogP contribution >= 0.6 is 23.5 Å². The SMILES string of the molecule is NC(=O)c1ccc[n+]([C@@H]2O[C@@H](COP(=O)(O)OP(=O)(O)OC[C@@H]3[OH+][C@H]3[C@@H](OP(=O)(O)O)[C@@H](O)n3cnc4c(N)ncnc43)C(O)[C@H]2O)c1. The summed E-state index contributed by atoms with van der Waals surface area (Å²) in [6, 6.07) is 2.80. The molecule has 24 nitrogen and oxygen atoms in total. The number of epoxide rings is 1. The van der Waals surface area contributed by atoms with Crippen molar-refractivity contribution >= 4 is 46.4 Å². The highest BCUT2D eigenvalue weighted by atomic mass is 31.3. The Hall–Kier alpha value is -2.86. The van der Waals surface area contributed by atoms with E-state index in [-0.39, 0.29) is 22.5 Å². The molecule has 3 aromatic heterocycles. The van der Waals surface area contributed by atoms with Crippen LogP contribution in [-0.4, -0.2) is 115 Å². The number of ether oxygens (including phenoxy) is 2. The van der Waals surface area contributed by atoms with Crippen LogP contribution in [0.25, 0.3) is 11.2 Å². The van der Waals surface area contributed by atoms with E-state index in [9.17, 15) is 53.4 Å². The second-order valence-electron chi connectivity index (χ2n) is 10.3. The average Bonchev–Trinajstić information content (AvgIpc) is 3.54. The number of aliphatic hydroxyl groups is 5. The maximum absolute atomic E-state index is 12.5. The zero-order valence-electron chi connectivity index (χ0n) is 24.0. The van der Waals surface area contributed by atoms with Crippen LogP contribution in [0.5, 0.6) is 0 Å². The van der Waals surface area contributed by atoms with Crippen molar-refractivity contribution in [3.63, 3.8) is 0 Å². The van der Waals surface area contributed by atoms with Crippen LogP contribution in [0.4, 0.5) is 5.82 Å². The minimum Gasteiger partial charge on any atom is -0.413 e. The minimum absolute atomic E-state index is 0.0219. The molecule has 10 atom stereocenters. The molecule has 1 amide bonds. The quantitative estimate of drug-likeness (QED) is 0.0317. The van der Waals surface area contributed by atoms with Crippen molar-refractivity contribution in [2.24, 2.45) is 5.73 Å². The molecule has 3 aromatic rings. The smallest absolute Gasteiger partial charge is 0.413 e. The lowest BCUT2D eigenvalue weighted by Gasteiger charge is -2.21. The lowest BCUT2D eigenvalue weighted by molar-refractivity contribution is -0.765. The fraction of sp³-hybridized carbons (Fsp3) is 0.476. The average molecular weight is 745 g/mol. The maximum Gasteiger partial charge on any atom is 0.481 e. The van der Waals surface area contributed by atoms with E-state index in [0.717, 1.165) is 17.2 Å². The second-order valence-corrected chi connectivity index (χ2v) is 14.6. The number of phosphoric ester groups is 3. The largest absolute Gasteiger partial charge is 0.481 e. The number of rotatable bonds is 15. The summed E-state index contributed by atoms with van der Waals surface area (Å²) in [5, 5.41) is 31.6. The first-order valence-corrected chi connectivity index (χ1v) is 17.9. The molecular weight excluding hydrogens is 715 g/mol. The van der Waals surface area contributed by atoms with Gasteiger partial charge in [-0.05, 0) is 6.07 Å². The van der Waals surface area contributed by atoms with Crippen molar-refractivity contribution < 1.29 is 85.3 Å². The molecule has 5 rings (SSSR count).